The number of hydrogen-bond acceptors (Lipinski definition) is 4. The number of ketones is 1. The molecule has 0 aliphatic rings. The maximum absolute atomic E-state index is 12.2. The molecule has 0 radical (unpaired) electrons. The van der Waals surface area contributed by atoms with Crippen LogP contribution >= 0.6 is 23.2 Å². The minimum Gasteiger partial charge on any atom is -0.289 e. The summed E-state index contributed by atoms with van der Waals surface area (Å²) in [6.07, 6.45) is 2.92. The third-order valence-corrected chi connectivity index (χ3v) is 4.14. The topological polar surface area (TPSA) is 88.9 Å². The van der Waals surface area contributed by atoms with E-state index in [4.69, 9.17) is 23.2 Å². The zero-order valence-electron chi connectivity index (χ0n) is 13.1. The van der Waals surface area contributed by atoms with Crippen molar-refractivity contribution < 1.29 is 9.72 Å². The number of benzene rings is 2. The highest BCUT2D eigenvalue weighted by Gasteiger charge is 2.14. The van der Waals surface area contributed by atoms with Crippen molar-refractivity contribution in [3.8, 4) is 11.3 Å². The number of hydrogen-bond donors (Lipinski definition) is 1. The number of nitro benzene ring substituents is 1. The Hall–Kier alpha value is -2.96. The van der Waals surface area contributed by atoms with E-state index in [0.29, 0.717) is 16.4 Å². The van der Waals surface area contributed by atoms with Crippen molar-refractivity contribution in [2.75, 3.05) is 0 Å². The maximum atomic E-state index is 12.2. The predicted molar refractivity (Wildman–Crippen MR) is 101 cm³/mol. The van der Waals surface area contributed by atoms with Gasteiger partial charge < -0.3 is 0 Å². The largest absolute Gasteiger partial charge is 0.289 e. The van der Waals surface area contributed by atoms with E-state index in [0.717, 1.165) is 5.56 Å². The van der Waals surface area contributed by atoms with Crippen molar-refractivity contribution >= 4 is 40.7 Å². The standard InChI is InChI=1S/C18H11Cl2N3O3/c19-13-4-1-11(2-5-13)16-10-14(21-22-16)6-8-18(24)12-3-7-17(23(25)26)15(20)9-12/h1-10H,(H,21,22). The molecule has 2 aromatic carbocycles. The van der Waals surface area contributed by atoms with Gasteiger partial charge in [0, 0.05) is 22.2 Å². The first-order chi connectivity index (χ1) is 12.4. The van der Waals surface area contributed by atoms with Gasteiger partial charge in [-0.15, -0.1) is 0 Å². The molecule has 26 heavy (non-hydrogen) atoms. The van der Waals surface area contributed by atoms with E-state index < -0.39 is 4.92 Å². The van der Waals surface area contributed by atoms with Gasteiger partial charge in [0.25, 0.3) is 5.69 Å². The molecule has 0 saturated heterocycles. The summed E-state index contributed by atoms with van der Waals surface area (Å²) in [6, 6.07) is 12.9. The second-order valence-corrected chi connectivity index (χ2v) is 6.18. The van der Waals surface area contributed by atoms with Gasteiger partial charge in [-0.2, -0.15) is 5.10 Å². The van der Waals surface area contributed by atoms with Crippen LogP contribution in [0.5, 0.6) is 0 Å². The molecule has 8 heteroatoms. The van der Waals surface area contributed by atoms with Crippen LogP contribution in [-0.2, 0) is 0 Å². The minimum atomic E-state index is -0.602. The molecule has 0 atom stereocenters. The summed E-state index contributed by atoms with van der Waals surface area (Å²) in [5.41, 5.74) is 2.25. The van der Waals surface area contributed by atoms with E-state index in [1.165, 1.54) is 24.3 Å². The fourth-order valence-electron chi connectivity index (χ4n) is 2.26. The summed E-state index contributed by atoms with van der Waals surface area (Å²) < 4.78 is 0. The molecule has 1 N–H and O–H groups in total. The number of nitrogens with one attached hydrogen (secondary N) is 1. The quantitative estimate of drug-likeness (QED) is 0.282. The van der Waals surface area contributed by atoms with Gasteiger partial charge >= 0.3 is 0 Å². The summed E-state index contributed by atoms with van der Waals surface area (Å²) in [5, 5.41) is 18.3. The van der Waals surface area contributed by atoms with Crippen LogP contribution in [0.4, 0.5) is 5.69 Å². The first-order valence-corrected chi connectivity index (χ1v) is 8.17. The molecule has 0 aliphatic carbocycles. The van der Waals surface area contributed by atoms with Crippen molar-refractivity contribution in [2.45, 2.75) is 0 Å². The molecule has 0 fully saturated rings. The summed E-state index contributed by atoms with van der Waals surface area (Å²) in [4.78, 5) is 22.4. The van der Waals surface area contributed by atoms with Gasteiger partial charge in [-0.1, -0.05) is 35.3 Å². The normalized spacial score (nSPS) is 11.0. The molecule has 0 spiro atoms. The fourth-order valence-corrected chi connectivity index (χ4v) is 2.64. The third-order valence-electron chi connectivity index (χ3n) is 3.58. The SMILES string of the molecule is O=C(C=Cc1cc(-c2ccc(Cl)cc2)n[nH]1)c1ccc([N+](=O)[O-])c(Cl)c1. The number of aromatic nitrogens is 2. The number of halogens is 2. The van der Waals surface area contributed by atoms with Crippen molar-refractivity contribution in [3.05, 3.63) is 86.0 Å². The van der Waals surface area contributed by atoms with Crippen LogP contribution in [-0.4, -0.2) is 20.9 Å². The van der Waals surface area contributed by atoms with Gasteiger partial charge in [-0.05, 0) is 42.5 Å². The lowest BCUT2D eigenvalue weighted by atomic mass is 10.1. The average molecular weight is 388 g/mol. The smallest absolute Gasteiger partial charge is 0.287 e. The highest BCUT2D eigenvalue weighted by Crippen LogP contribution is 2.25. The first kappa shape index (κ1) is 17.8. The Bertz CT molecular complexity index is 1010. The minimum absolute atomic E-state index is 0.0826. The number of allylic oxidation sites excluding steroid dienone is 1. The molecular weight excluding hydrogens is 377 g/mol. The number of nitro groups is 1. The first-order valence-electron chi connectivity index (χ1n) is 7.42. The molecule has 6 nitrogen and oxygen atoms in total. The molecule has 0 saturated carbocycles. The summed E-state index contributed by atoms with van der Waals surface area (Å²) >= 11 is 11.7. The van der Waals surface area contributed by atoms with E-state index in [1.807, 2.05) is 12.1 Å². The highest BCUT2D eigenvalue weighted by molar-refractivity contribution is 6.33. The van der Waals surface area contributed by atoms with E-state index in [1.54, 1.807) is 24.3 Å². The van der Waals surface area contributed by atoms with Crippen molar-refractivity contribution in [2.24, 2.45) is 0 Å². The lowest BCUT2D eigenvalue weighted by Gasteiger charge is -1.98. The van der Waals surface area contributed by atoms with Gasteiger partial charge in [-0.3, -0.25) is 20.0 Å². The number of carbonyl (C=O) groups is 1. The van der Waals surface area contributed by atoms with Crippen LogP contribution in [0.1, 0.15) is 16.1 Å². The van der Waals surface area contributed by atoms with E-state index in [9.17, 15) is 14.9 Å². The molecule has 1 heterocycles. The number of nitrogens with zero attached hydrogens (tertiary/aromatic N) is 2. The van der Waals surface area contributed by atoms with Gasteiger partial charge in [0.05, 0.1) is 16.3 Å². The van der Waals surface area contributed by atoms with Crippen LogP contribution in [0.3, 0.4) is 0 Å². The van der Waals surface area contributed by atoms with Crippen molar-refractivity contribution in [1.82, 2.24) is 10.2 Å². The molecule has 130 valence electrons. The van der Waals surface area contributed by atoms with E-state index >= 15 is 0 Å². The zero-order valence-corrected chi connectivity index (χ0v) is 14.7. The number of H-pyrrole nitrogens is 1. The molecule has 0 aliphatic heterocycles. The molecule has 3 aromatic rings. The van der Waals surface area contributed by atoms with Gasteiger partial charge in [0.2, 0.25) is 0 Å². The fraction of sp³-hybridized carbons (Fsp3) is 0. The van der Waals surface area contributed by atoms with Crippen LogP contribution < -0.4 is 0 Å². The van der Waals surface area contributed by atoms with Crippen LogP contribution in [0.15, 0.2) is 54.6 Å². The average Bonchev–Trinajstić information content (AvgIpc) is 3.09. The third kappa shape index (κ3) is 3.99. The Morgan fingerprint density at radius 1 is 1.12 bits per heavy atom. The summed E-state index contributed by atoms with van der Waals surface area (Å²) in [5.74, 6) is -0.329. The molecular formula is C18H11Cl2N3O3. The summed E-state index contributed by atoms with van der Waals surface area (Å²) in [6.45, 7) is 0. The van der Waals surface area contributed by atoms with E-state index in [2.05, 4.69) is 10.2 Å². The Morgan fingerprint density at radius 3 is 2.50 bits per heavy atom. The Morgan fingerprint density at radius 2 is 1.85 bits per heavy atom. The highest BCUT2D eigenvalue weighted by atomic mass is 35.5. The second kappa shape index (κ2) is 7.51. The van der Waals surface area contributed by atoms with Crippen LogP contribution in [0.25, 0.3) is 17.3 Å². The van der Waals surface area contributed by atoms with E-state index in [-0.39, 0.29) is 22.1 Å². The lowest BCUT2D eigenvalue weighted by Crippen LogP contribution is -1.96. The summed E-state index contributed by atoms with van der Waals surface area (Å²) in [7, 11) is 0. The predicted octanol–water partition coefficient (Wildman–Crippen LogP) is 5.19. The van der Waals surface area contributed by atoms with Gasteiger partial charge in [-0.25, -0.2) is 0 Å². The number of rotatable bonds is 5. The van der Waals surface area contributed by atoms with Crippen LogP contribution in [0, 0.1) is 10.1 Å². The Kier molecular flexibility index (Phi) is 5.16. The number of carbonyl (C=O) groups excluding carboxylic acids is 1. The molecule has 0 bridgehead atoms. The monoisotopic (exact) mass is 387 g/mol. The van der Waals surface area contributed by atoms with Gasteiger partial charge in [0.15, 0.2) is 5.78 Å². The van der Waals surface area contributed by atoms with Crippen molar-refractivity contribution in [1.29, 1.82) is 0 Å². The lowest BCUT2D eigenvalue weighted by molar-refractivity contribution is -0.384. The molecule has 1 aromatic heterocycles. The van der Waals surface area contributed by atoms with Crippen LogP contribution in [0.2, 0.25) is 10.0 Å². The Labute approximate surface area is 158 Å². The molecule has 3 rings (SSSR count). The molecule has 0 amide bonds. The maximum Gasteiger partial charge on any atom is 0.287 e. The number of aromatic amines is 1. The molecule has 0 unspecified atom stereocenters. The Balaban J connectivity index is 1.76. The zero-order chi connectivity index (χ0) is 18.7. The van der Waals surface area contributed by atoms with Gasteiger partial charge in [0.1, 0.15) is 5.02 Å². The second-order valence-electron chi connectivity index (χ2n) is 5.34. The van der Waals surface area contributed by atoms with Crippen molar-refractivity contribution in [3.63, 3.8) is 0 Å².